The van der Waals surface area contributed by atoms with Crippen molar-refractivity contribution in [2.24, 2.45) is 5.92 Å². The second kappa shape index (κ2) is 6.99. The first kappa shape index (κ1) is 15.2. The number of aliphatic hydroxyl groups is 1. The highest BCUT2D eigenvalue weighted by Gasteiger charge is 2.15. The van der Waals surface area contributed by atoms with Gasteiger partial charge in [-0.1, -0.05) is 41.9 Å². The predicted octanol–water partition coefficient (Wildman–Crippen LogP) is 3.02. The molecule has 1 N–H and O–H groups in total. The number of hydrogen-bond acceptors (Lipinski definition) is 3. The zero-order valence-electron chi connectivity index (χ0n) is 11.8. The molecule has 0 bridgehead atoms. The molecule has 0 spiro atoms. The summed E-state index contributed by atoms with van der Waals surface area (Å²) in [7, 11) is 0. The molecule has 0 aliphatic carbocycles. The summed E-state index contributed by atoms with van der Waals surface area (Å²) in [5, 5.41) is 13.9. The van der Waals surface area contributed by atoms with Crippen LogP contribution in [0, 0.1) is 5.92 Å². The number of rotatable bonds is 6. The van der Waals surface area contributed by atoms with Crippen molar-refractivity contribution >= 4 is 15.9 Å². The molecule has 1 aromatic carbocycles. The molecule has 0 saturated carbocycles. The number of nitrogens with zero attached hydrogens (tertiary/aromatic N) is 3. The monoisotopic (exact) mass is 337 g/mol. The van der Waals surface area contributed by atoms with Gasteiger partial charge in [0.05, 0.1) is 6.61 Å². The lowest BCUT2D eigenvalue weighted by atomic mass is 9.96. The summed E-state index contributed by atoms with van der Waals surface area (Å²) in [4.78, 5) is 4.33. The SMILES string of the molecule is CC(C)Cn1ncnc1CC(CO)c1ccc(Br)cc1. The van der Waals surface area contributed by atoms with E-state index in [1.165, 1.54) is 0 Å². The fourth-order valence-corrected chi connectivity index (χ4v) is 2.45. The molecule has 20 heavy (non-hydrogen) atoms. The van der Waals surface area contributed by atoms with Crippen molar-refractivity contribution in [1.82, 2.24) is 14.8 Å². The Bertz CT molecular complexity index is 536. The summed E-state index contributed by atoms with van der Waals surface area (Å²) in [5.74, 6) is 1.51. The number of aliphatic hydroxyl groups excluding tert-OH is 1. The first-order valence-electron chi connectivity index (χ1n) is 6.83. The normalized spacial score (nSPS) is 12.8. The molecule has 4 nitrogen and oxygen atoms in total. The zero-order chi connectivity index (χ0) is 14.5. The Morgan fingerprint density at radius 2 is 1.95 bits per heavy atom. The summed E-state index contributed by atoms with van der Waals surface area (Å²) in [6.45, 7) is 5.28. The average molecular weight is 338 g/mol. The molecule has 0 aliphatic heterocycles. The van der Waals surface area contributed by atoms with Gasteiger partial charge in [-0.15, -0.1) is 0 Å². The standard InChI is InChI=1S/C15H20BrN3O/c1-11(2)8-19-15(17-10-18-19)7-13(9-20)12-3-5-14(16)6-4-12/h3-6,10-11,13,20H,7-9H2,1-2H3. The molecule has 0 fully saturated rings. The Morgan fingerprint density at radius 3 is 2.55 bits per heavy atom. The Morgan fingerprint density at radius 1 is 1.25 bits per heavy atom. The van der Waals surface area contributed by atoms with Gasteiger partial charge in [0.15, 0.2) is 0 Å². The van der Waals surface area contributed by atoms with Crippen LogP contribution in [0.15, 0.2) is 35.1 Å². The Kier molecular flexibility index (Phi) is 5.31. The molecule has 2 rings (SSSR count). The van der Waals surface area contributed by atoms with Crippen molar-refractivity contribution in [2.45, 2.75) is 32.7 Å². The number of hydrogen-bond donors (Lipinski definition) is 1. The first-order chi connectivity index (χ1) is 9.60. The van der Waals surface area contributed by atoms with Crippen LogP contribution in [0.1, 0.15) is 31.2 Å². The molecule has 2 aromatic rings. The highest BCUT2D eigenvalue weighted by molar-refractivity contribution is 9.10. The van der Waals surface area contributed by atoms with Crippen LogP contribution in [-0.4, -0.2) is 26.5 Å². The van der Waals surface area contributed by atoms with Gasteiger partial charge < -0.3 is 5.11 Å². The van der Waals surface area contributed by atoms with E-state index >= 15 is 0 Å². The minimum atomic E-state index is 0.0539. The van der Waals surface area contributed by atoms with Crippen molar-refractivity contribution in [1.29, 1.82) is 0 Å². The van der Waals surface area contributed by atoms with E-state index in [9.17, 15) is 5.11 Å². The smallest absolute Gasteiger partial charge is 0.138 e. The van der Waals surface area contributed by atoms with Crippen LogP contribution in [0.25, 0.3) is 0 Å². The van der Waals surface area contributed by atoms with Gasteiger partial charge in [0.25, 0.3) is 0 Å². The molecule has 0 amide bonds. The third-order valence-corrected chi connectivity index (χ3v) is 3.75. The van der Waals surface area contributed by atoms with Gasteiger partial charge in [0.2, 0.25) is 0 Å². The van der Waals surface area contributed by atoms with E-state index in [1.54, 1.807) is 6.33 Å². The topological polar surface area (TPSA) is 50.9 Å². The third kappa shape index (κ3) is 3.90. The van der Waals surface area contributed by atoms with Gasteiger partial charge in [-0.3, -0.25) is 0 Å². The van der Waals surface area contributed by atoms with Crippen LogP contribution in [0.3, 0.4) is 0 Å². The fourth-order valence-electron chi connectivity index (χ4n) is 2.19. The molecule has 108 valence electrons. The lowest BCUT2D eigenvalue weighted by Crippen LogP contribution is -2.15. The second-order valence-electron chi connectivity index (χ2n) is 5.39. The molecular weight excluding hydrogens is 318 g/mol. The molecule has 1 heterocycles. The fraction of sp³-hybridized carbons (Fsp3) is 0.467. The maximum atomic E-state index is 9.65. The largest absolute Gasteiger partial charge is 0.396 e. The molecule has 0 saturated heterocycles. The van der Waals surface area contributed by atoms with Crippen molar-refractivity contribution in [3.8, 4) is 0 Å². The highest BCUT2D eigenvalue weighted by atomic mass is 79.9. The van der Waals surface area contributed by atoms with E-state index in [1.807, 2.05) is 28.9 Å². The van der Waals surface area contributed by atoms with Gasteiger partial charge in [-0.05, 0) is 23.6 Å². The van der Waals surface area contributed by atoms with Crippen LogP contribution in [0.5, 0.6) is 0 Å². The molecular formula is C15H20BrN3O. The van der Waals surface area contributed by atoms with E-state index in [-0.39, 0.29) is 12.5 Å². The maximum absolute atomic E-state index is 9.65. The highest BCUT2D eigenvalue weighted by Crippen LogP contribution is 2.22. The third-order valence-electron chi connectivity index (χ3n) is 3.22. The summed E-state index contributed by atoms with van der Waals surface area (Å²) in [6.07, 6.45) is 2.29. The average Bonchev–Trinajstić information content (AvgIpc) is 2.83. The van der Waals surface area contributed by atoms with Gasteiger partial charge in [0, 0.05) is 23.4 Å². The van der Waals surface area contributed by atoms with E-state index in [2.05, 4.69) is 39.9 Å². The quantitative estimate of drug-likeness (QED) is 0.881. The van der Waals surface area contributed by atoms with E-state index < -0.39 is 0 Å². The van der Waals surface area contributed by atoms with E-state index in [4.69, 9.17) is 0 Å². The summed E-state index contributed by atoms with van der Waals surface area (Å²) >= 11 is 3.43. The molecule has 0 radical (unpaired) electrons. The predicted molar refractivity (Wildman–Crippen MR) is 82.5 cm³/mol. The maximum Gasteiger partial charge on any atom is 0.138 e. The molecule has 1 unspecified atom stereocenters. The van der Waals surface area contributed by atoms with Gasteiger partial charge in [-0.25, -0.2) is 9.67 Å². The molecule has 1 aromatic heterocycles. The van der Waals surface area contributed by atoms with Crippen LogP contribution in [0.4, 0.5) is 0 Å². The Hall–Kier alpha value is -1.20. The minimum Gasteiger partial charge on any atom is -0.396 e. The lowest BCUT2D eigenvalue weighted by molar-refractivity contribution is 0.261. The van der Waals surface area contributed by atoms with Crippen molar-refractivity contribution < 1.29 is 5.11 Å². The zero-order valence-corrected chi connectivity index (χ0v) is 13.4. The molecule has 0 aliphatic rings. The van der Waals surface area contributed by atoms with Gasteiger partial charge >= 0.3 is 0 Å². The summed E-state index contributed by atoms with van der Waals surface area (Å²) < 4.78 is 2.98. The van der Waals surface area contributed by atoms with Crippen LogP contribution < -0.4 is 0 Å². The van der Waals surface area contributed by atoms with Gasteiger partial charge in [0.1, 0.15) is 12.2 Å². The first-order valence-corrected chi connectivity index (χ1v) is 7.62. The van der Waals surface area contributed by atoms with E-state index in [0.29, 0.717) is 12.3 Å². The Labute approximate surface area is 128 Å². The number of aromatic nitrogens is 3. The summed E-state index contributed by atoms with van der Waals surface area (Å²) in [6, 6.07) is 8.07. The lowest BCUT2D eigenvalue weighted by Gasteiger charge is -2.15. The van der Waals surface area contributed by atoms with Crippen LogP contribution in [-0.2, 0) is 13.0 Å². The second-order valence-corrected chi connectivity index (χ2v) is 6.30. The van der Waals surface area contributed by atoms with Crippen molar-refractivity contribution in [3.63, 3.8) is 0 Å². The van der Waals surface area contributed by atoms with E-state index in [0.717, 1.165) is 22.4 Å². The Balaban J connectivity index is 2.14. The number of halogens is 1. The van der Waals surface area contributed by atoms with Crippen LogP contribution in [0.2, 0.25) is 0 Å². The molecule has 5 heteroatoms. The summed E-state index contributed by atoms with van der Waals surface area (Å²) in [5.41, 5.74) is 1.12. The van der Waals surface area contributed by atoms with Gasteiger partial charge in [-0.2, -0.15) is 5.10 Å². The van der Waals surface area contributed by atoms with Crippen molar-refractivity contribution in [3.05, 3.63) is 46.5 Å². The van der Waals surface area contributed by atoms with Crippen LogP contribution >= 0.6 is 15.9 Å². The number of benzene rings is 1. The van der Waals surface area contributed by atoms with Crippen molar-refractivity contribution in [2.75, 3.05) is 6.61 Å². The minimum absolute atomic E-state index is 0.0539. The molecule has 1 atom stereocenters.